The molecule has 18 heavy (non-hydrogen) atoms. The molecular formula is C14H19FN2O. The van der Waals surface area contributed by atoms with Gasteiger partial charge in [-0.2, -0.15) is 5.26 Å². The number of aliphatic hydroxyl groups excluding tert-OH is 1. The number of halogens is 1. The Hall–Kier alpha value is -1.44. The van der Waals surface area contributed by atoms with Crippen molar-refractivity contribution < 1.29 is 9.50 Å². The van der Waals surface area contributed by atoms with Crippen LogP contribution in [0.25, 0.3) is 0 Å². The molecule has 0 saturated carbocycles. The van der Waals surface area contributed by atoms with Crippen molar-refractivity contribution in [3.8, 4) is 6.07 Å². The molecule has 1 aromatic rings. The van der Waals surface area contributed by atoms with Gasteiger partial charge >= 0.3 is 0 Å². The van der Waals surface area contributed by atoms with Crippen LogP contribution in [0.1, 0.15) is 31.4 Å². The predicted octanol–water partition coefficient (Wildman–Crippen LogP) is 2.20. The molecule has 0 aliphatic carbocycles. The van der Waals surface area contributed by atoms with Crippen LogP contribution in [0.2, 0.25) is 0 Å². The highest BCUT2D eigenvalue weighted by Gasteiger charge is 2.16. The first-order valence-electron chi connectivity index (χ1n) is 5.98. The second kappa shape index (κ2) is 6.48. The largest absolute Gasteiger partial charge is 0.396 e. The van der Waals surface area contributed by atoms with Crippen molar-refractivity contribution in [2.45, 2.75) is 26.8 Å². The molecule has 1 rings (SSSR count). The average molecular weight is 250 g/mol. The fraction of sp³-hybridized carbons (Fsp3) is 0.500. The van der Waals surface area contributed by atoms with Gasteiger partial charge in [-0.05, 0) is 24.0 Å². The molecule has 0 aliphatic heterocycles. The summed E-state index contributed by atoms with van der Waals surface area (Å²) < 4.78 is 13.6. The van der Waals surface area contributed by atoms with Crippen molar-refractivity contribution in [2.24, 2.45) is 5.41 Å². The highest BCUT2D eigenvalue weighted by atomic mass is 19.1. The normalized spacial score (nSPS) is 11.3. The number of rotatable bonds is 6. The summed E-state index contributed by atoms with van der Waals surface area (Å²) in [6, 6.07) is 6.38. The number of hydrogen-bond acceptors (Lipinski definition) is 3. The molecule has 0 spiro atoms. The molecule has 0 atom stereocenters. The van der Waals surface area contributed by atoms with Gasteiger partial charge in [0.15, 0.2) is 0 Å². The van der Waals surface area contributed by atoms with Gasteiger partial charge in [0.1, 0.15) is 5.82 Å². The summed E-state index contributed by atoms with van der Waals surface area (Å²) in [5.41, 5.74) is 0.864. The van der Waals surface area contributed by atoms with E-state index >= 15 is 0 Å². The maximum absolute atomic E-state index is 13.6. The molecular weight excluding hydrogens is 231 g/mol. The van der Waals surface area contributed by atoms with Crippen LogP contribution in [0.5, 0.6) is 0 Å². The van der Waals surface area contributed by atoms with E-state index in [1.54, 1.807) is 12.1 Å². The van der Waals surface area contributed by atoms with Crippen LogP contribution >= 0.6 is 0 Å². The molecule has 0 unspecified atom stereocenters. The summed E-state index contributed by atoms with van der Waals surface area (Å²) in [5.74, 6) is -0.360. The molecule has 3 nitrogen and oxygen atoms in total. The van der Waals surface area contributed by atoms with Crippen molar-refractivity contribution >= 4 is 0 Å². The lowest BCUT2D eigenvalue weighted by molar-refractivity contribution is 0.207. The Kier molecular flexibility index (Phi) is 5.26. The highest BCUT2D eigenvalue weighted by Crippen LogP contribution is 2.18. The van der Waals surface area contributed by atoms with Gasteiger partial charge in [-0.25, -0.2) is 4.39 Å². The first kappa shape index (κ1) is 14.6. The van der Waals surface area contributed by atoms with Crippen LogP contribution in [-0.4, -0.2) is 18.3 Å². The van der Waals surface area contributed by atoms with E-state index in [9.17, 15) is 4.39 Å². The van der Waals surface area contributed by atoms with Crippen LogP contribution in [0.3, 0.4) is 0 Å². The fourth-order valence-electron chi connectivity index (χ4n) is 1.69. The quantitative estimate of drug-likeness (QED) is 0.813. The lowest BCUT2D eigenvalue weighted by Gasteiger charge is -2.24. The van der Waals surface area contributed by atoms with Gasteiger partial charge in [-0.1, -0.05) is 19.9 Å². The smallest absolute Gasteiger partial charge is 0.129 e. The van der Waals surface area contributed by atoms with E-state index in [0.717, 1.165) is 0 Å². The van der Waals surface area contributed by atoms with Gasteiger partial charge in [-0.15, -0.1) is 0 Å². The summed E-state index contributed by atoms with van der Waals surface area (Å²) in [4.78, 5) is 0. The molecule has 0 bridgehead atoms. The molecule has 4 heteroatoms. The van der Waals surface area contributed by atoms with Gasteiger partial charge in [0.25, 0.3) is 0 Å². The Morgan fingerprint density at radius 3 is 2.72 bits per heavy atom. The molecule has 0 aromatic heterocycles. The molecule has 0 aliphatic rings. The first-order valence-corrected chi connectivity index (χ1v) is 5.98. The molecule has 0 amide bonds. The second-order valence-electron chi connectivity index (χ2n) is 5.16. The molecule has 0 radical (unpaired) electrons. The van der Waals surface area contributed by atoms with Crippen LogP contribution < -0.4 is 5.32 Å². The Balaban J connectivity index is 2.52. The first-order chi connectivity index (χ1) is 8.48. The van der Waals surface area contributed by atoms with Crippen molar-refractivity contribution in [3.05, 3.63) is 35.1 Å². The summed E-state index contributed by atoms with van der Waals surface area (Å²) in [6.07, 6.45) is 0.704. The average Bonchev–Trinajstić information content (AvgIpc) is 2.31. The standard InChI is InChI=1S/C14H19FN2O/c1-14(2,5-6-18)10-17-9-12-4-3-11(8-16)7-13(12)15/h3-4,7,17-18H,5-6,9-10H2,1-2H3. The number of nitriles is 1. The second-order valence-corrected chi connectivity index (χ2v) is 5.16. The van der Waals surface area contributed by atoms with Crippen molar-refractivity contribution in [3.63, 3.8) is 0 Å². The molecule has 98 valence electrons. The lowest BCUT2D eigenvalue weighted by atomic mass is 9.90. The SMILES string of the molecule is CC(C)(CCO)CNCc1ccc(C#N)cc1F. The maximum Gasteiger partial charge on any atom is 0.129 e. The topological polar surface area (TPSA) is 56.0 Å². The van der Waals surface area contributed by atoms with Crippen molar-refractivity contribution in [1.82, 2.24) is 5.32 Å². The van der Waals surface area contributed by atoms with Crippen LogP contribution in [-0.2, 0) is 6.54 Å². The summed E-state index contributed by atoms with van der Waals surface area (Å²) in [6.45, 7) is 5.37. The van der Waals surface area contributed by atoms with E-state index in [1.807, 2.05) is 19.9 Å². The van der Waals surface area contributed by atoms with Crippen LogP contribution in [0, 0.1) is 22.6 Å². The fourth-order valence-corrected chi connectivity index (χ4v) is 1.69. The third-order valence-electron chi connectivity index (χ3n) is 2.89. The zero-order valence-electron chi connectivity index (χ0n) is 10.8. The summed E-state index contributed by atoms with van der Waals surface area (Å²) in [7, 11) is 0. The minimum Gasteiger partial charge on any atom is -0.396 e. The number of nitrogens with one attached hydrogen (secondary N) is 1. The minimum absolute atomic E-state index is 0.0161. The Morgan fingerprint density at radius 2 is 2.17 bits per heavy atom. The minimum atomic E-state index is -0.360. The summed E-state index contributed by atoms with van der Waals surface area (Å²) >= 11 is 0. The number of aliphatic hydroxyl groups is 1. The zero-order chi connectivity index (χ0) is 13.6. The van der Waals surface area contributed by atoms with E-state index in [0.29, 0.717) is 30.6 Å². The van der Waals surface area contributed by atoms with Crippen molar-refractivity contribution in [1.29, 1.82) is 5.26 Å². The van der Waals surface area contributed by atoms with E-state index in [4.69, 9.17) is 10.4 Å². The Bertz CT molecular complexity index is 438. The van der Waals surface area contributed by atoms with Gasteiger partial charge in [0.2, 0.25) is 0 Å². The van der Waals surface area contributed by atoms with E-state index < -0.39 is 0 Å². The monoisotopic (exact) mass is 250 g/mol. The predicted molar refractivity (Wildman–Crippen MR) is 68.3 cm³/mol. The zero-order valence-corrected chi connectivity index (χ0v) is 10.8. The molecule has 0 saturated heterocycles. The van der Waals surface area contributed by atoms with Gasteiger partial charge in [0.05, 0.1) is 11.6 Å². The third-order valence-corrected chi connectivity index (χ3v) is 2.89. The highest BCUT2D eigenvalue weighted by molar-refractivity contribution is 5.32. The summed E-state index contributed by atoms with van der Waals surface area (Å²) in [5, 5.41) is 20.7. The van der Waals surface area contributed by atoms with Gasteiger partial charge < -0.3 is 10.4 Å². The molecule has 0 heterocycles. The van der Waals surface area contributed by atoms with E-state index in [1.165, 1.54) is 6.07 Å². The number of nitrogens with zero attached hydrogens (tertiary/aromatic N) is 1. The van der Waals surface area contributed by atoms with E-state index in [2.05, 4.69) is 5.32 Å². The van der Waals surface area contributed by atoms with Crippen LogP contribution in [0.15, 0.2) is 18.2 Å². The van der Waals surface area contributed by atoms with Crippen LogP contribution in [0.4, 0.5) is 4.39 Å². The third kappa shape index (κ3) is 4.44. The Morgan fingerprint density at radius 1 is 1.44 bits per heavy atom. The van der Waals surface area contributed by atoms with E-state index in [-0.39, 0.29) is 17.8 Å². The Labute approximate surface area is 107 Å². The van der Waals surface area contributed by atoms with Crippen molar-refractivity contribution in [2.75, 3.05) is 13.2 Å². The molecule has 1 aromatic carbocycles. The molecule has 2 N–H and O–H groups in total. The molecule has 0 fully saturated rings. The van der Waals surface area contributed by atoms with Gasteiger partial charge in [0, 0.05) is 25.3 Å². The number of hydrogen-bond donors (Lipinski definition) is 2. The number of benzene rings is 1. The van der Waals surface area contributed by atoms with Gasteiger partial charge in [-0.3, -0.25) is 0 Å². The maximum atomic E-state index is 13.6. The lowest BCUT2D eigenvalue weighted by Crippen LogP contribution is -2.30.